The fraction of sp³-hybridized carbons (Fsp3) is 0.667. The first kappa shape index (κ1) is 15.5. The van der Waals surface area contributed by atoms with Crippen LogP contribution in [0.15, 0.2) is 30.3 Å². The topological polar surface area (TPSA) is 29.3 Å². The van der Waals surface area contributed by atoms with Crippen molar-refractivity contribution in [2.75, 3.05) is 13.1 Å². The number of hydrogen-bond acceptors (Lipinski definition) is 2. The van der Waals surface area contributed by atoms with Crippen molar-refractivity contribution in [1.29, 1.82) is 0 Å². The van der Waals surface area contributed by atoms with Gasteiger partial charge in [-0.15, -0.1) is 0 Å². The van der Waals surface area contributed by atoms with Crippen molar-refractivity contribution in [2.24, 2.45) is 11.7 Å². The summed E-state index contributed by atoms with van der Waals surface area (Å²) in [6, 6.07) is 12.2. The van der Waals surface area contributed by atoms with Crippen LogP contribution < -0.4 is 5.73 Å². The molecule has 20 heavy (non-hydrogen) atoms. The van der Waals surface area contributed by atoms with E-state index in [0.29, 0.717) is 12.0 Å². The number of benzene rings is 1. The van der Waals surface area contributed by atoms with Gasteiger partial charge in [0.15, 0.2) is 0 Å². The standard InChI is InChI=1S/C18H30N2/c1-14(2)13-20(17-9-10-17)18(12-19)11-15(3)16-7-5-4-6-8-16/h4-8,14-15,17-18H,9-13,19H2,1-3H3. The summed E-state index contributed by atoms with van der Waals surface area (Å²) in [5, 5.41) is 0. The second-order valence-electron chi connectivity index (χ2n) is 6.76. The van der Waals surface area contributed by atoms with E-state index in [1.807, 2.05) is 0 Å². The van der Waals surface area contributed by atoms with Crippen LogP contribution in [0.4, 0.5) is 0 Å². The van der Waals surface area contributed by atoms with Gasteiger partial charge in [-0.25, -0.2) is 0 Å². The maximum absolute atomic E-state index is 6.10. The third-order valence-corrected chi connectivity index (χ3v) is 4.33. The molecule has 1 aliphatic rings. The van der Waals surface area contributed by atoms with E-state index in [-0.39, 0.29) is 0 Å². The predicted molar refractivity (Wildman–Crippen MR) is 86.9 cm³/mol. The minimum Gasteiger partial charge on any atom is -0.329 e. The molecule has 2 rings (SSSR count). The molecule has 0 spiro atoms. The van der Waals surface area contributed by atoms with Crippen LogP contribution in [0.3, 0.4) is 0 Å². The van der Waals surface area contributed by atoms with Gasteiger partial charge in [0.05, 0.1) is 0 Å². The third-order valence-electron chi connectivity index (χ3n) is 4.33. The summed E-state index contributed by atoms with van der Waals surface area (Å²) in [5.74, 6) is 1.30. The fourth-order valence-electron chi connectivity index (χ4n) is 3.12. The maximum Gasteiger partial charge on any atom is 0.0227 e. The third kappa shape index (κ3) is 4.32. The van der Waals surface area contributed by atoms with Crippen LogP contribution in [0.5, 0.6) is 0 Å². The lowest BCUT2D eigenvalue weighted by Gasteiger charge is -2.34. The van der Waals surface area contributed by atoms with Crippen molar-refractivity contribution in [3.05, 3.63) is 35.9 Å². The van der Waals surface area contributed by atoms with E-state index in [4.69, 9.17) is 5.73 Å². The number of nitrogens with zero attached hydrogens (tertiary/aromatic N) is 1. The fourth-order valence-corrected chi connectivity index (χ4v) is 3.12. The normalized spacial score (nSPS) is 18.5. The molecular weight excluding hydrogens is 244 g/mol. The molecule has 1 aromatic carbocycles. The summed E-state index contributed by atoms with van der Waals surface area (Å²) < 4.78 is 0. The van der Waals surface area contributed by atoms with Crippen molar-refractivity contribution in [3.8, 4) is 0 Å². The summed E-state index contributed by atoms with van der Waals surface area (Å²) in [5.41, 5.74) is 7.54. The van der Waals surface area contributed by atoms with Gasteiger partial charge in [0.1, 0.15) is 0 Å². The smallest absolute Gasteiger partial charge is 0.0227 e. The summed E-state index contributed by atoms with van der Waals surface area (Å²) in [7, 11) is 0. The molecule has 1 saturated carbocycles. The summed E-state index contributed by atoms with van der Waals surface area (Å²) in [4.78, 5) is 2.68. The van der Waals surface area contributed by atoms with E-state index in [1.54, 1.807) is 0 Å². The second kappa shape index (κ2) is 7.24. The van der Waals surface area contributed by atoms with E-state index < -0.39 is 0 Å². The second-order valence-corrected chi connectivity index (χ2v) is 6.76. The van der Waals surface area contributed by atoms with Gasteiger partial charge in [-0.1, -0.05) is 51.1 Å². The molecule has 112 valence electrons. The van der Waals surface area contributed by atoms with Crippen LogP contribution in [-0.4, -0.2) is 30.1 Å². The molecule has 2 nitrogen and oxygen atoms in total. The highest BCUT2D eigenvalue weighted by Gasteiger charge is 2.34. The Morgan fingerprint density at radius 2 is 1.80 bits per heavy atom. The number of rotatable bonds is 8. The average molecular weight is 274 g/mol. The molecule has 0 aliphatic heterocycles. The Hall–Kier alpha value is -0.860. The lowest BCUT2D eigenvalue weighted by molar-refractivity contribution is 0.156. The van der Waals surface area contributed by atoms with Gasteiger partial charge in [-0.2, -0.15) is 0 Å². The van der Waals surface area contributed by atoms with Crippen LogP contribution in [0.25, 0.3) is 0 Å². The molecule has 1 aliphatic carbocycles. The highest BCUT2D eigenvalue weighted by Crippen LogP contribution is 2.32. The Bertz CT molecular complexity index is 384. The zero-order valence-corrected chi connectivity index (χ0v) is 13.3. The lowest BCUT2D eigenvalue weighted by Crippen LogP contribution is -2.44. The van der Waals surface area contributed by atoms with Crippen molar-refractivity contribution in [2.45, 2.75) is 58.0 Å². The largest absolute Gasteiger partial charge is 0.329 e. The molecule has 0 bridgehead atoms. The average Bonchev–Trinajstić information content (AvgIpc) is 3.27. The summed E-state index contributed by atoms with van der Waals surface area (Å²) >= 11 is 0. The first-order valence-corrected chi connectivity index (χ1v) is 8.12. The first-order chi connectivity index (χ1) is 9.61. The summed E-state index contributed by atoms with van der Waals surface area (Å²) in [6.45, 7) is 8.92. The minimum atomic E-state index is 0.528. The molecule has 1 aromatic rings. The Kier molecular flexibility index (Phi) is 5.62. The maximum atomic E-state index is 6.10. The SMILES string of the molecule is CC(C)CN(C1CC1)C(CN)CC(C)c1ccccc1. The molecule has 2 unspecified atom stereocenters. The van der Waals surface area contributed by atoms with E-state index in [0.717, 1.165) is 18.5 Å². The highest BCUT2D eigenvalue weighted by molar-refractivity contribution is 5.19. The lowest BCUT2D eigenvalue weighted by atomic mass is 9.92. The Morgan fingerprint density at radius 3 is 2.30 bits per heavy atom. The van der Waals surface area contributed by atoms with E-state index >= 15 is 0 Å². The monoisotopic (exact) mass is 274 g/mol. The number of nitrogens with two attached hydrogens (primary N) is 1. The molecule has 0 saturated heterocycles. The molecule has 0 aromatic heterocycles. The Balaban J connectivity index is 1.99. The molecule has 0 radical (unpaired) electrons. The highest BCUT2D eigenvalue weighted by atomic mass is 15.2. The van der Waals surface area contributed by atoms with Gasteiger partial charge in [0, 0.05) is 25.2 Å². The molecule has 1 fully saturated rings. The Morgan fingerprint density at radius 1 is 1.15 bits per heavy atom. The van der Waals surface area contributed by atoms with Crippen LogP contribution in [0, 0.1) is 5.92 Å². The van der Waals surface area contributed by atoms with Gasteiger partial charge < -0.3 is 5.73 Å². The zero-order chi connectivity index (χ0) is 14.5. The van der Waals surface area contributed by atoms with Gasteiger partial charge in [-0.05, 0) is 36.7 Å². The van der Waals surface area contributed by atoms with Crippen molar-refractivity contribution in [1.82, 2.24) is 4.90 Å². The number of hydrogen-bond donors (Lipinski definition) is 1. The quantitative estimate of drug-likeness (QED) is 0.784. The van der Waals surface area contributed by atoms with Gasteiger partial charge >= 0.3 is 0 Å². The van der Waals surface area contributed by atoms with Gasteiger partial charge in [-0.3, -0.25) is 4.90 Å². The van der Waals surface area contributed by atoms with Crippen LogP contribution >= 0.6 is 0 Å². The van der Waals surface area contributed by atoms with Crippen LogP contribution in [-0.2, 0) is 0 Å². The van der Waals surface area contributed by atoms with Crippen LogP contribution in [0.2, 0.25) is 0 Å². The first-order valence-electron chi connectivity index (χ1n) is 8.12. The molecule has 0 amide bonds. The zero-order valence-electron chi connectivity index (χ0n) is 13.3. The Labute approximate surface area is 124 Å². The van der Waals surface area contributed by atoms with Crippen LogP contribution in [0.1, 0.15) is 51.5 Å². The van der Waals surface area contributed by atoms with Crippen molar-refractivity contribution >= 4 is 0 Å². The molecule has 0 heterocycles. The van der Waals surface area contributed by atoms with E-state index in [1.165, 1.54) is 31.4 Å². The summed E-state index contributed by atoms with van der Waals surface area (Å²) in [6.07, 6.45) is 3.90. The van der Waals surface area contributed by atoms with Gasteiger partial charge in [0.2, 0.25) is 0 Å². The predicted octanol–water partition coefficient (Wildman–Crippen LogP) is 3.63. The molecule has 2 atom stereocenters. The van der Waals surface area contributed by atoms with Gasteiger partial charge in [0.25, 0.3) is 0 Å². The molecule has 2 heteroatoms. The van der Waals surface area contributed by atoms with Crippen molar-refractivity contribution < 1.29 is 0 Å². The minimum absolute atomic E-state index is 0.528. The molecular formula is C18H30N2. The van der Waals surface area contributed by atoms with E-state index in [9.17, 15) is 0 Å². The molecule has 2 N–H and O–H groups in total. The van der Waals surface area contributed by atoms with E-state index in [2.05, 4.69) is 56.0 Å². The van der Waals surface area contributed by atoms with Crippen molar-refractivity contribution in [3.63, 3.8) is 0 Å².